The summed E-state index contributed by atoms with van der Waals surface area (Å²) in [4.78, 5) is 1.08. The van der Waals surface area contributed by atoms with Gasteiger partial charge >= 0.3 is 0 Å². The highest BCUT2D eigenvalue weighted by atomic mass is 32.2. The maximum absolute atomic E-state index is 9.50. The van der Waals surface area contributed by atoms with Gasteiger partial charge in [0.1, 0.15) is 6.23 Å². The van der Waals surface area contributed by atoms with Crippen LogP contribution < -0.4 is 17.2 Å². The van der Waals surface area contributed by atoms with Gasteiger partial charge in [0, 0.05) is 16.9 Å². The SMILES string of the molecule is C=C1C2=C(CCC1N)C(C(N)O)C(N)S2. The zero-order valence-electron chi connectivity index (χ0n) is 8.52. The van der Waals surface area contributed by atoms with E-state index in [1.54, 1.807) is 0 Å². The molecule has 1 aliphatic carbocycles. The number of hydrogen-bond donors (Lipinski definition) is 4. The van der Waals surface area contributed by atoms with Crippen LogP contribution in [0.2, 0.25) is 0 Å². The third-order valence-corrected chi connectivity index (χ3v) is 4.46. The van der Waals surface area contributed by atoms with E-state index in [9.17, 15) is 5.11 Å². The quantitative estimate of drug-likeness (QED) is 0.467. The molecular formula is C10H17N3OS. The number of aliphatic hydroxyl groups excluding tert-OH is 1. The van der Waals surface area contributed by atoms with Gasteiger partial charge in [-0.25, -0.2) is 0 Å². The summed E-state index contributed by atoms with van der Waals surface area (Å²) in [5.41, 5.74) is 19.5. The van der Waals surface area contributed by atoms with E-state index in [1.807, 2.05) is 0 Å². The minimum atomic E-state index is -0.887. The van der Waals surface area contributed by atoms with Crippen LogP contribution in [0.3, 0.4) is 0 Å². The molecule has 5 heteroatoms. The molecule has 4 unspecified atom stereocenters. The van der Waals surface area contributed by atoms with Crippen LogP contribution >= 0.6 is 11.8 Å². The van der Waals surface area contributed by atoms with E-state index in [0.717, 1.165) is 28.9 Å². The van der Waals surface area contributed by atoms with Crippen molar-refractivity contribution in [3.63, 3.8) is 0 Å². The van der Waals surface area contributed by atoms with Crippen LogP contribution in [0.25, 0.3) is 0 Å². The molecular weight excluding hydrogens is 210 g/mol. The van der Waals surface area contributed by atoms with Gasteiger partial charge in [-0.15, -0.1) is 11.8 Å². The molecule has 7 N–H and O–H groups in total. The van der Waals surface area contributed by atoms with E-state index in [-0.39, 0.29) is 17.3 Å². The molecule has 2 aliphatic rings. The molecule has 1 aliphatic heterocycles. The fourth-order valence-corrected chi connectivity index (χ4v) is 3.69. The van der Waals surface area contributed by atoms with Crippen molar-refractivity contribution in [3.05, 3.63) is 22.6 Å². The van der Waals surface area contributed by atoms with Crippen LogP contribution in [-0.4, -0.2) is 22.8 Å². The fourth-order valence-electron chi connectivity index (χ4n) is 2.25. The maximum Gasteiger partial charge on any atom is 0.111 e. The van der Waals surface area contributed by atoms with Gasteiger partial charge in [0.25, 0.3) is 0 Å². The molecule has 0 fully saturated rings. The second kappa shape index (κ2) is 3.92. The number of hydrogen-bond acceptors (Lipinski definition) is 5. The van der Waals surface area contributed by atoms with Crippen molar-refractivity contribution in [2.24, 2.45) is 23.1 Å². The van der Waals surface area contributed by atoms with E-state index >= 15 is 0 Å². The Kier molecular flexibility index (Phi) is 2.92. The van der Waals surface area contributed by atoms with E-state index in [0.29, 0.717) is 0 Å². The van der Waals surface area contributed by atoms with Crippen LogP contribution in [0, 0.1) is 5.92 Å². The molecule has 0 aromatic carbocycles. The normalized spacial score (nSPS) is 38.1. The lowest BCUT2D eigenvalue weighted by Gasteiger charge is -2.26. The van der Waals surface area contributed by atoms with Gasteiger partial charge < -0.3 is 22.3 Å². The second-order valence-corrected chi connectivity index (χ2v) is 5.31. The predicted molar refractivity (Wildman–Crippen MR) is 62.6 cm³/mol. The van der Waals surface area contributed by atoms with Gasteiger partial charge in [-0.3, -0.25) is 0 Å². The van der Waals surface area contributed by atoms with Gasteiger partial charge in [0.2, 0.25) is 0 Å². The molecule has 0 aromatic rings. The summed E-state index contributed by atoms with van der Waals surface area (Å²) in [7, 11) is 0. The second-order valence-electron chi connectivity index (χ2n) is 4.12. The summed E-state index contributed by atoms with van der Waals surface area (Å²) in [5, 5.41) is 9.33. The summed E-state index contributed by atoms with van der Waals surface area (Å²) >= 11 is 1.54. The van der Waals surface area contributed by atoms with Crippen molar-refractivity contribution in [1.82, 2.24) is 0 Å². The summed E-state index contributed by atoms with van der Waals surface area (Å²) in [5.74, 6) is -0.144. The highest BCUT2D eigenvalue weighted by Gasteiger charge is 2.40. The predicted octanol–water partition coefficient (Wildman–Crippen LogP) is -0.157. The Hall–Kier alpha value is -0.330. The number of thioether (sulfide) groups is 1. The lowest BCUT2D eigenvalue weighted by molar-refractivity contribution is 0.129. The number of rotatable bonds is 1. The van der Waals surface area contributed by atoms with Gasteiger partial charge in [-0.1, -0.05) is 6.58 Å². The molecule has 2 rings (SSSR count). The third-order valence-electron chi connectivity index (χ3n) is 3.13. The third kappa shape index (κ3) is 1.74. The summed E-state index contributed by atoms with van der Waals surface area (Å²) < 4.78 is 0. The molecule has 4 nitrogen and oxygen atoms in total. The molecule has 1 heterocycles. The minimum Gasteiger partial charge on any atom is -0.378 e. The molecule has 84 valence electrons. The van der Waals surface area contributed by atoms with Gasteiger partial charge in [0.15, 0.2) is 0 Å². The van der Waals surface area contributed by atoms with Crippen LogP contribution in [0.15, 0.2) is 22.6 Å². The summed E-state index contributed by atoms with van der Waals surface area (Å²) in [6, 6.07) is 0.0251. The van der Waals surface area contributed by atoms with E-state index < -0.39 is 6.23 Å². The minimum absolute atomic E-state index is 0.0251. The van der Waals surface area contributed by atoms with E-state index in [2.05, 4.69) is 6.58 Å². The first-order chi connectivity index (χ1) is 7.02. The van der Waals surface area contributed by atoms with Crippen molar-refractivity contribution < 1.29 is 5.11 Å². The first-order valence-electron chi connectivity index (χ1n) is 5.06. The Morgan fingerprint density at radius 3 is 2.73 bits per heavy atom. The van der Waals surface area contributed by atoms with Crippen LogP contribution in [-0.2, 0) is 0 Å². The molecule has 0 bridgehead atoms. The monoisotopic (exact) mass is 227 g/mol. The molecule has 0 saturated heterocycles. The Bertz CT molecular complexity index is 327. The highest BCUT2D eigenvalue weighted by molar-refractivity contribution is 8.04. The molecule has 4 atom stereocenters. The highest BCUT2D eigenvalue weighted by Crippen LogP contribution is 2.48. The fraction of sp³-hybridized carbons (Fsp3) is 0.600. The largest absolute Gasteiger partial charge is 0.378 e. The topological polar surface area (TPSA) is 98.3 Å². The standard InChI is InChI=1S/C10H17N3OS/c1-4-6(11)3-2-5-7(9(12)14)10(13)15-8(4)5/h6-7,9-10,14H,1-3,11-13H2. The van der Waals surface area contributed by atoms with Crippen molar-refractivity contribution in [2.75, 3.05) is 0 Å². The van der Waals surface area contributed by atoms with E-state index in [4.69, 9.17) is 17.2 Å². The van der Waals surface area contributed by atoms with Crippen LogP contribution in [0.5, 0.6) is 0 Å². The summed E-state index contributed by atoms with van der Waals surface area (Å²) in [6.45, 7) is 3.98. The average molecular weight is 227 g/mol. The zero-order valence-corrected chi connectivity index (χ0v) is 9.33. The number of aliphatic hydroxyl groups is 1. The van der Waals surface area contributed by atoms with Crippen molar-refractivity contribution in [2.45, 2.75) is 30.5 Å². The molecule has 0 amide bonds. The van der Waals surface area contributed by atoms with Crippen LogP contribution in [0.4, 0.5) is 0 Å². The smallest absolute Gasteiger partial charge is 0.111 e. The lowest BCUT2D eigenvalue weighted by atomic mass is 9.84. The Balaban J connectivity index is 2.33. The van der Waals surface area contributed by atoms with Crippen molar-refractivity contribution >= 4 is 11.8 Å². The van der Waals surface area contributed by atoms with Crippen LogP contribution in [0.1, 0.15) is 12.8 Å². The Morgan fingerprint density at radius 2 is 2.13 bits per heavy atom. The molecule has 0 spiro atoms. The Morgan fingerprint density at radius 1 is 1.47 bits per heavy atom. The first kappa shape index (κ1) is 11.2. The van der Waals surface area contributed by atoms with Gasteiger partial charge in [-0.05, 0) is 24.0 Å². The van der Waals surface area contributed by atoms with E-state index in [1.165, 1.54) is 11.8 Å². The molecule has 0 saturated carbocycles. The number of nitrogens with two attached hydrogens (primary N) is 3. The molecule has 0 aromatic heterocycles. The Labute approximate surface area is 93.6 Å². The average Bonchev–Trinajstić information content (AvgIpc) is 2.49. The van der Waals surface area contributed by atoms with Crippen molar-refractivity contribution in [1.29, 1.82) is 0 Å². The molecule has 15 heavy (non-hydrogen) atoms. The first-order valence-corrected chi connectivity index (χ1v) is 5.94. The lowest BCUT2D eigenvalue weighted by Crippen LogP contribution is -2.40. The maximum atomic E-state index is 9.50. The molecule has 0 radical (unpaired) electrons. The summed E-state index contributed by atoms with van der Waals surface area (Å²) in [6.07, 6.45) is 0.852. The van der Waals surface area contributed by atoms with Gasteiger partial charge in [0.05, 0.1) is 5.37 Å². The van der Waals surface area contributed by atoms with Crippen molar-refractivity contribution in [3.8, 4) is 0 Å². The zero-order chi connectivity index (χ0) is 11.2. The van der Waals surface area contributed by atoms with Gasteiger partial charge in [-0.2, -0.15) is 0 Å².